The van der Waals surface area contributed by atoms with Gasteiger partial charge in [0.05, 0.1) is 24.2 Å². The standard InChI is InChI=1S/C14H14ClN5O/c1-3-19(14(21)10(2)7-16)12-9-20(18-13(12)15)11-5-4-6-17-8-11/h4-6,8-10H,3H2,1-2H3. The minimum atomic E-state index is -0.734. The summed E-state index contributed by atoms with van der Waals surface area (Å²) < 4.78 is 1.55. The lowest BCUT2D eigenvalue weighted by molar-refractivity contribution is -0.120. The van der Waals surface area contributed by atoms with E-state index in [4.69, 9.17) is 16.9 Å². The Bertz CT molecular complexity index is 676. The van der Waals surface area contributed by atoms with Gasteiger partial charge in [0.15, 0.2) is 5.15 Å². The summed E-state index contributed by atoms with van der Waals surface area (Å²) >= 11 is 6.13. The molecule has 0 radical (unpaired) electrons. The van der Waals surface area contributed by atoms with Crippen LogP contribution in [-0.4, -0.2) is 27.2 Å². The number of nitrogens with zero attached hydrogens (tertiary/aromatic N) is 5. The Labute approximate surface area is 127 Å². The first-order chi connectivity index (χ1) is 10.1. The van der Waals surface area contributed by atoms with Crippen LogP contribution in [0.4, 0.5) is 5.69 Å². The van der Waals surface area contributed by atoms with Gasteiger partial charge in [0.25, 0.3) is 0 Å². The van der Waals surface area contributed by atoms with Gasteiger partial charge in [-0.2, -0.15) is 10.4 Å². The fourth-order valence-electron chi connectivity index (χ4n) is 1.88. The molecule has 2 aromatic heterocycles. The molecule has 108 valence electrons. The van der Waals surface area contributed by atoms with Gasteiger partial charge in [0.2, 0.25) is 5.91 Å². The zero-order chi connectivity index (χ0) is 15.4. The maximum absolute atomic E-state index is 12.2. The van der Waals surface area contributed by atoms with E-state index in [9.17, 15) is 4.79 Å². The van der Waals surface area contributed by atoms with Gasteiger partial charge in [-0.15, -0.1) is 0 Å². The summed E-state index contributed by atoms with van der Waals surface area (Å²) in [5.74, 6) is -1.03. The van der Waals surface area contributed by atoms with Gasteiger partial charge in [-0.1, -0.05) is 11.6 Å². The van der Waals surface area contributed by atoms with Crippen molar-refractivity contribution in [1.82, 2.24) is 14.8 Å². The summed E-state index contributed by atoms with van der Waals surface area (Å²) in [7, 11) is 0. The summed E-state index contributed by atoms with van der Waals surface area (Å²) in [5.41, 5.74) is 1.22. The highest BCUT2D eigenvalue weighted by Crippen LogP contribution is 2.26. The van der Waals surface area contributed by atoms with E-state index < -0.39 is 5.92 Å². The van der Waals surface area contributed by atoms with Crippen molar-refractivity contribution < 1.29 is 4.79 Å². The Balaban J connectivity index is 2.38. The van der Waals surface area contributed by atoms with E-state index in [1.54, 1.807) is 36.3 Å². The van der Waals surface area contributed by atoms with Gasteiger partial charge >= 0.3 is 0 Å². The number of carbonyl (C=O) groups is 1. The van der Waals surface area contributed by atoms with E-state index >= 15 is 0 Å². The maximum Gasteiger partial charge on any atom is 0.244 e. The van der Waals surface area contributed by atoms with Crippen molar-refractivity contribution in [3.63, 3.8) is 0 Å². The summed E-state index contributed by atoms with van der Waals surface area (Å²) in [4.78, 5) is 17.7. The average molecular weight is 304 g/mol. The summed E-state index contributed by atoms with van der Waals surface area (Å²) in [6.07, 6.45) is 4.96. The lowest BCUT2D eigenvalue weighted by atomic mass is 10.2. The Kier molecular flexibility index (Phi) is 4.55. The van der Waals surface area contributed by atoms with E-state index in [1.807, 2.05) is 19.1 Å². The first kappa shape index (κ1) is 15.0. The number of aromatic nitrogens is 3. The second kappa shape index (κ2) is 6.37. The quantitative estimate of drug-likeness (QED) is 0.869. The molecule has 0 saturated carbocycles. The summed E-state index contributed by atoms with van der Waals surface area (Å²) in [5, 5.41) is 13.3. The Morgan fingerprint density at radius 2 is 2.38 bits per heavy atom. The molecule has 0 aliphatic heterocycles. The molecule has 0 N–H and O–H groups in total. The first-order valence-electron chi connectivity index (χ1n) is 6.45. The zero-order valence-corrected chi connectivity index (χ0v) is 12.4. The fraction of sp³-hybridized carbons (Fsp3) is 0.286. The molecule has 0 aromatic carbocycles. The Morgan fingerprint density at radius 3 is 2.95 bits per heavy atom. The topological polar surface area (TPSA) is 74.8 Å². The normalized spacial score (nSPS) is 11.7. The molecule has 1 unspecified atom stereocenters. The van der Waals surface area contributed by atoms with Crippen molar-refractivity contribution in [2.24, 2.45) is 5.92 Å². The lowest BCUT2D eigenvalue weighted by Gasteiger charge is -2.20. The smallest absolute Gasteiger partial charge is 0.244 e. The second-order valence-corrected chi connectivity index (χ2v) is 4.75. The number of rotatable bonds is 4. The summed E-state index contributed by atoms with van der Waals surface area (Å²) in [6.45, 7) is 3.79. The third kappa shape index (κ3) is 3.03. The molecule has 2 rings (SSSR count). The van der Waals surface area contributed by atoms with Crippen LogP contribution in [0.15, 0.2) is 30.7 Å². The third-order valence-corrected chi connectivity index (χ3v) is 3.27. The molecule has 0 fully saturated rings. The molecule has 7 heteroatoms. The van der Waals surface area contributed by atoms with Crippen LogP contribution < -0.4 is 4.90 Å². The highest BCUT2D eigenvalue weighted by Gasteiger charge is 2.24. The van der Waals surface area contributed by atoms with Crippen LogP contribution in [0.3, 0.4) is 0 Å². The van der Waals surface area contributed by atoms with Gasteiger partial charge in [-0.3, -0.25) is 9.78 Å². The average Bonchev–Trinajstić information content (AvgIpc) is 2.90. The SMILES string of the molecule is CCN(C(=O)C(C)C#N)c1cn(-c2cccnc2)nc1Cl. The molecule has 21 heavy (non-hydrogen) atoms. The maximum atomic E-state index is 12.2. The van der Waals surface area contributed by atoms with Crippen LogP contribution in [0.5, 0.6) is 0 Å². The predicted octanol–water partition coefficient (Wildman–Crippen LogP) is 2.43. The van der Waals surface area contributed by atoms with Crippen LogP contribution in [-0.2, 0) is 4.79 Å². The molecule has 0 bridgehead atoms. The van der Waals surface area contributed by atoms with Gasteiger partial charge in [-0.25, -0.2) is 4.68 Å². The molecule has 2 aromatic rings. The lowest BCUT2D eigenvalue weighted by Crippen LogP contribution is -2.34. The van der Waals surface area contributed by atoms with Crippen LogP contribution >= 0.6 is 11.6 Å². The highest BCUT2D eigenvalue weighted by atomic mass is 35.5. The summed E-state index contributed by atoms with van der Waals surface area (Å²) in [6, 6.07) is 5.55. The molecular weight excluding hydrogens is 290 g/mol. The van der Waals surface area contributed by atoms with E-state index in [0.717, 1.165) is 5.69 Å². The molecule has 0 spiro atoms. The van der Waals surface area contributed by atoms with Crippen molar-refractivity contribution in [3.05, 3.63) is 35.9 Å². The number of hydrogen-bond acceptors (Lipinski definition) is 4. The molecule has 1 amide bonds. The van der Waals surface area contributed by atoms with Crippen molar-refractivity contribution >= 4 is 23.2 Å². The Morgan fingerprint density at radius 1 is 1.62 bits per heavy atom. The number of anilines is 1. The Hall–Kier alpha value is -2.39. The van der Waals surface area contributed by atoms with Crippen molar-refractivity contribution in [3.8, 4) is 11.8 Å². The largest absolute Gasteiger partial charge is 0.307 e. The van der Waals surface area contributed by atoms with E-state index in [0.29, 0.717) is 12.2 Å². The molecule has 6 nitrogen and oxygen atoms in total. The van der Waals surface area contributed by atoms with E-state index in [-0.39, 0.29) is 11.1 Å². The molecule has 1 atom stereocenters. The predicted molar refractivity (Wildman–Crippen MR) is 79.2 cm³/mol. The highest BCUT2D eigenvalue weighted by molar-refractivity contribution is 6.32. The van der Waals surface area contributed by atoms with Crippen molar-refractivity contribution in [2.45, 2.75) is 13.8 Å². The number of amides is 1. The monoisotopic (exact) mass is 303 g/mol. The number of nitriles is 1. The minimum absolute atomic E-state index is 0.208. The van der Waals surface area contributed by atoms with Gasteiger partial charge in [0.1, 0.15) is 11.6 Å². The van der Waals surface area contributed by atoms with E-state index in [1.165, 1.54) is 4.90 Å². The van der Waals surface area contributed by atoms with Gasteiger partial charge in [0, 0.05) is 12.7 Å². The number of halogens is 1. The number of hydrogen-bond donors (Lipinski definition) is 0. The van der Waals surface area contributed by atoms with Crippen LogP contribution in [0, 0.1) is 17.2 Å². The third-order valence-electron chi connectivity index (χ3n) is 3.00. The minimum Gasteiger partial charge on any atom is -0.307 e. The molecule has 2 heterocycles. The van der Waals surface area contributed by atoms with Gasteiger partial charge < -0.3 is 4.90 Å². The van der Waals surface area contributed by atoms with Crippen LogP contribution in [0.1, 0.15) is 13.8 Å². The second-order valence-electron chi connectivity index (χ2n) is 4.39. The van der Waals surface area contributed by atoms with Gasteiger partial charge in [-0.05, 0) is 26.0 Å². The molecule has 0 saturated heterocycles. The van der Waals surface area contributed by atoms with Crippen molar-refractivity contribution in [2.75, 3.05) is 11.4 Å². The molecule has 0 aliphatic carbocycles. The number of carbonyl (C=O) groups excluding carboxylic acids is 1. The van der Waals surface area contributed by atoms with Crippen LogP contribution in [0.2, 0.25) is 5.15 Å². The van der Waals surface area contributed by atoms with E-state index in [2.05, 4.69) is 10.1 Å². The zero-order valence-electron chi connectivity index (χ0n) is 11.7. The first-order valence-corrected chi connectivity index (χ1v) is 6.82. The number of pyridine rings is 1. The van der Waals surface area contributed by atoms with Crippen molar-refractivity contribution in [1.29, 1.82) is 5.26 Å². The fourth-order valence-corrected chi connectivity index (χ4v) is 2.11. The molecular formula is C14H14ClN5O. The molecule has 0 aliphatic rings. The van der Waals surface area contributed by atoms with Crippen LogP contribution in [0.25, 0.3) is 5.69 Å².